The monoisotopic (exact) mass is 262 g/mol. The number of anilines is 1. The molecular formula is C13H18N4S. The molecule has 0 aliphatic heterocycles. The van der Waals surface area contributed by atoms with Gasteiger partial charge in [-0.15, -0.1) is 0 Å². The zero-order chi connectivity index (χ0) is 12.8. The molecule has 2 rings (SSSR count). The van der Waals surface area contributed by atoms with E-state index in [1.165, 1.54) is 5.56 Å². The van der Waals surface area contributed by atoms with Gasteiger partial charge in [0.15, 0.2) is 0 Å². The van der Waals surface area contributed by atoms with E-state index in [9.17, 15) is 0 Å². The summed E-state index contributed by atoms with van der Waals surface area (Å²) in [4.78, 5) is 11.0. The largest absolute Gasteiger partial charge is 0.354 e. The Balaban J connectivity index is 2.03. The second kappa shape index (κ2) is 6.47. The summed E-state index contributed by atoms with van der Waals surface area (Å²) in [7, 11) is 2.04. The average Bonchev–Trinajstić information content (AvgIpc) is 2.89. The van der Waals surface area contributed by atoms with Gasteiger partial charge in [-0.1, -0.05) is 6.92 Å². The summed E-state index contributed by atoms with van der Waals surface area (Å²) in [5.41, 5.74) is 2.29. The van der Waals surface area contributed by atoms with Crippen molar-refractivity contribution in [1.82, 2.24) is 15.3 Å². The topological polar surface area (TPSA) is 41.1 Å². The third-order valence-electron chi connectivity index (χ3n) is 2.62. The SMILES string of the molecule is CCNCc1cncc(N(C)Cc2ccsc2)n1. The van der Waals surface area contributed by atoms with Crippen LogP contribution in [0.1, 0.15) is 18.2 Å². The smallest absolute Gasteiger partial charge is 0.147 e. The average molecular weight is 262 g/mol. The molecule has 0 aliphatic rings. The first kappa shape index (κ1) is 13.0. The van der Waals surface area contributed by atoms with Gasteiger partial charge in [0, 0.05) is 26.3 Å². The zero-order valence-electron chi connectivity index (χ0n) is 10.8. The minimum absolute atomic E-state index is 0.767. The van der Waals surface area contributed by atoms with Crippen LogP contribution in [0.15, 0.2) is 29.2 Å². The summed E-state index contributed by atoms with van der Waals surface area (Å²) in [5.74, 6) is 0.914. The minimum atomic E-state index is 0.767. The quantitative estimate of drug-likeness (QED) is 0.867. The van der Waals surface area contributed by atoms with Crippen LogP contribution >= 0.6 is 11.3 Å². The maximum atomic E-state index is 4.60. The predicted octanol–water partition coefficient (Wildman–Crippen LogP) is 2.28. The highest BCUT2D eigenvalue weighted by molar-refractivity contribution is 7.07. The second-order valence-corrected chi connectivity index (χ2v) is 4.92. The third-order valence-corrected chi connectivity index (χ3v) is 3.35. The molecule has 2 heterocycles. The molecule has 0 amide bonds. The lowest BCUT2D eigenvalue weighted by atomic mass is 10.3. The van der Waals surface area contributed by atoms with Crippen LogP contribution in [0.4, 0.5) is 5.82 Å². The molecule has 96 valence electrons. The van der Waals surface area contributed by atoms with Crippen LogP contribution < -0.4 is 10.2 Å². The standard InChI is InChI=1S/C13H18N4S/c1-3-14-6-12-7-15-8-13(16-12)17(2)9-11-4-5-18-10-11/h4-5,7-8,10,14H,3,6,9H2,1-2H3. The predicted molar refractivity (Wildman–Crippen MR) is 75.8 cm³/mol. The van der Waals surface area contributed by atoms with E-state index in [1.54, 1.807) is 11.3 Å². The van der Waals surface area contributed by atoms with Gasteiger partial charge in [0.1, 0.15) is 5.82 Å². The fraction of sp³-hybridized carbons (Fsp3) is 0.385. The fourth-order valence-corrected chi connectivity index (χ4v) is 2.31. The van der Waals surface area contributed by atoms with Crippen LogP contribution in [0.5, 0.6) is 0 Å². The molecular weight excluding hydrogens is 244 g/mol. The highest BCUT2D eigenvalue weighted by atomic mass is 32.1. The first-order valence-electron chi connectivity index (χ1n) is 6.03. The lowest BCUT2D eigenvalue weighted by molar-refractivity contribution is 0.704. The lowest BCUT2D eigenvalue weighted by Gasteiger charge is -2.17. The Kier molecular flexibility index (Phi) is 4.66. The molecule has 0 atom stereocenters. The Bertz CT molecular complexity index is 470. The maximum absolute atomic E-state index is 4.60. The number of aromatic nitrogens is 2. The first-order chi connectivity index (χ1) is 8.79. The first-order valence-corrected chi connectivity index (χ1v) is 6.97. The van der Waals surface area contributed by atoms with Crippen molar-refractivity contribution in [3.05, 3.63) is 40.5 Å². The Morgan fingerprint density at radius 3 is 3.00 bits per heavy atom. The Hall–Kier alpha value is -1.46. The molecule has 4 nitrogen and oxygen atoms in total. The highest BCUT2D eigenvalue weighted by Crippen LogP contribution is 2.14. The normalized spacial score (nSPS) is 10.6. The Labute approximate surface area is 112 Å². The Morgan fingerprint density at radius 2 is 2.28 bits per heavy atom. The van der Waals surface area contributed by atoms with Gasteiger partial charge in [0.05, 0.1) is 11.9 Å². The molecule has 0 aliphatic carbocycles. The van der Waals surface area contributed by atoms with E-state index in [-0.39, 0.29) is 0 Å². The number of hydrogen-bond donors (Lipinski definition) is 1. The van der Waals surface area contributed by atoms with E-state index in [1.807, 2.05) is 19.4 Å². The zero-order valence-corrected chi connectivity index (χ0v) is 11.6. The van der Waals surface area contributed by atoms with Crippen LogP contribution in [0.2, 0.25) is 0 Å². The fourth-order valence-electron chi connectivity index (χ4n) is 1.65. The highest BCUT2D eigenvalue weighted by Gasteiger charge is 2.05. The van der Waals surface area contributed by atoms with Gasteiger partial charge in [0.2, 0.25) is 0 Å². The molecule has 0 saturated heterocycles. The van der Waals surface area contributed by atoms with Crippen molar-refractivity contribution < 1.29 is 0 Å². The molecule has 0 aromatic carbocycles. The molecule has 18 heavy (non-hydrogen) atoms. The van der Waals surface area contributed by atoms with Gasteiger partial charge in [-0.05, 0) is 28.9 Å². The molecule has 0 radical (unpaired) electrons. The molecule has 5 heteroatoms. The lowest BCUT2D eigenvalue weighted by Crippen LogP contribution is -2.19. The van der Waals surface area contributed by atoms with Crippen molar-refractivity contribution in [2.45, 2.75) is 20.0 Å². The van der Waals surface area contributed by atoms with E-state index in [0.29, 0.717) is 0 Å². The van der Waals surface area contributed by atoms with Crippen LogP contribution in [-0.2, 0) is 13.1 Å². The van der Waals surface area contributed by atoms with Crippen LogP contribution in [0, 0.1) is 0 Å². The molecule has 0 fully saturated rings. The molecule has 0 unspecified atom stereocenters. The van der Waals surface area contributed by atoms with Crippen molar-refractivity contribution in [3.8, 4) is 0 Å². The second-order valence-electron chi connectivity index (χ2n) is 4.14. The van der Waals surface area contributed by atoms with E-state index < -0.39 is 0 Å². The molecule has 0 saturated carbocycles. The van der Waals surface area contributed by atoms with Crippen molar-refractivity contribution in [3.63, 3.8) is 0 Å². The molecule has 2 aromatic rings. The van der Waals surface area contributed by atoms with Gasteiger partial charge < -0.3 is 10.2 Å². The Morgan fingerprint density at radius 1 is 1.39 bits per heavy atom. The van der Waals surface area contributed by atoms with E-state index in [4.69, 9.17) is 0 Å². The number of thiophene rings is 1. The third kappa shape index (κ3) is 3.51. The van der Waals surface area contributed by atoms with Gasteiger partial charge in [-0.3, -0.25) is 4.98 Å². The van der Waals surface area contributed by atoms with E-state index in [0.717, 1.165) is 31.1 Å². The van der Waals surface area contributed by atoms with Gasteiger partial charge in [0.25, 0.3) is 0 Å². The number of nitrogens with one attached hydrogen (secondary N) is 1. The van der Waals surface area contributed by atoms with Gasteiger partial charge >= 0.3 is 0 Å². The van der Waals surface area contributed by atoms with Gasteiger partial charge in [-0.25, -0.2) is 4.98 Å². The maximum Gasteiger partial charge on any atom is 0.147 e. The van der Waals surface area contributed by atoms with Crippen molar-refractivity contribution in [2.75, 3.05) is 18.5 Å². The van der Waals surface area contributed by atoms with E-state index in [2.05, 4.69) is 43.9 Å². The number of hydrogen-bond acceptors (Lipinski definition) is 5. The summed E-state index contributed by atoms with van der Waals surface area (Å²) in [6.45, 7) is 4.66. The van der Waals surface area contributed by atoms with Crippen molar-refractivity contribution in [2.24, 2.45) is 0 Å². The molecule has 0 bridgehead atoms. The summed E-state index contributed by atoms with van der Waals surface area (Å²) in [6.07, 6.45) is 3.62. The number of nitrogens with zero attached hydrogens (tertiary/aromatic N) is 3. The van der Waals surface area contributed by atoms with Crippen LogP contribution in [0.25, 0.3) is 0 Å². The summed E-state index contributed by atoms with van der Waals surface area (Å²) in [6, 6.07) is 2.14. The van der Waals surface area contributed by atoms with Gasteiger partial charge in [-0.2, -0.15) is 11.3 Å². The molecule has 2 aromatic heterocycles. The molecule has 0 spiro atoms. The molecule has 1 N–H and O–H groups in total. The minimum Gasteiger partial charge on any atom is -0.354 e. The number of rotatable bonds is 6. The van der Waals surface area contributed by atoms with Crippen LogP contribution in [-0.4, -0.2) is 23.6 Å². The van der Waals surface area contributed by atoms with E-state index >= 15 is 0 Å². The summed E-state index contributed by atoms with van der Waals surface area (Å²) < 4.78 is 0. The van der Waals surface area contributed by atoms with Crippen molar-refractivity contribution >= 4 is 17.2 Å². The summed E-state index contributed by atoms with van der Waals surface area (Å²) >= 11 is 1.72. The summed E-state index contributed by atoms with van der Waals surface area (Å²) in [5, 5.41) is 7.51. The van der Waals surface area contributed by atoms with Crippen LogP contribution in [0.3, 0.4) is 0 Å². The van der Waals surface area contributed by atoms with Crippen molar-refractivity contribution in [1.29, 1.82) is 0 Å².